The van der Waals surface area contributed by atoms with Gasteiger partial charge < -0.3 is 4.74 Å². The van der Waals surface area contributed by atoms with E-state index in [-0.39, 0.29) is 17.5 Å². The second-order valence-electron chi connectivity index (χ2n) is 6.84. The monoisotopic (exact) mass is 256 g/mol. The Kier molecular flexibility index (Phi) is 2.52. The van der Waals surface area contributed by atoms with Crippen molar-refractivity contribution in [2.24, 2.45) is 23.2 Å². The van der Waals surface area contributed by atoms with Gasteiger partial charge >= 0.3 is 5.97 Å². The fraction of sp³-hybridized carbons (Fsp3) is 0.929. The van der Waals surface area contributed by atoms with Gasteiger partial charge in [0.05, 0.1) is 0 Å². The molecule has 1 spiro atoms. The van der Waals surface area contributed by atoms with Crippen molar-refractivity contribution in [1.82, 2.24) is 0 Å². The zero-order chi connectivity index (χ0) is 12.3. The molecule has 4 aliphatic rings. The third kappa shape index (κ3) is 1.63. The van der Waals surface area contributed by atoms with Gasteiger partial charge in [-0.2, -0.15) is 0 Å². The Bertz CT molecular complexity index is 348. The third-order valence-electron chi connectivity index (χ3n) is 5.57. The van der Waals surface area contributed by atoms with E-state index in [0.29, 0.717) is 17.3 Å². The Balaban J connectivity index is 1.83. The number of halogens is 1. The summed E-state index contributed by atoms with van der Waals surface area (Å²) in [6, 6.07) is 0. The summed E-state index contributed by atoms with van der Waals surface area (Å²) in [5.74, 6) is 1.66. The normalized spacial score (nSPS) is 51.6. The summed E-state index contributed by atoms with van der Waals surface area (Å²) in [5.41, 5.74) is 0.377. The minimum atomic E-state index is -0.244. The maximum absolute atomic E-state index is 11.5. The van der Waals surface area contributed by atoms with Crippen LogP contribution < -0.4 is 0 Å². The van der Waals surface area contributed by atoms with Crippen LogP contribution in [0.2, 0.25) is 0 Å². The molecule has 0 aromatic carbocycles. The van der Waals surface area contributed by atoms with E-state index in [1.165, 1.54) is 32.1 Å². The molecule has 0 heterocycles. The van der Waals surface area contributed by atoms with E-state index in [4.69, 9.17) is 16.3 Å². The second kappa shape index (κ2) is 3.63. The number of esters is 1. The maximum atomic E-state index is 11.5. The average Bonchev–Trinajstić information content (AvgIpc) is 2.22. The van der Waals surface area contributed by atoms with Crippen molar-refractivity contribution in [3.63, 3.8) is 0 Å². The number of carbonyl (C=O) groups is 1. The van der Waals surface area contributed by atoms with Crippen molar-refractivity contribution in [2.45, 2.75) is 51.6 Å². The fourth-order valence-corrected chi connectivity index (χ4v) is 4.99. The van der Waals surface area contributed by atoms with Gasteiger partial charge in [0.15, 0.2) is 0 Å². The molecule has 0 radical (unpaired) electrons. The summed E-state index contributed by atoms with van der Waals surface area (Å²) < 4.78 is 5.74. The molecule has 3 bridgehead atoms. The van der Waals surface area contributed by atoms with Crippen LogP contribution in [0.25, 0.3) is 0 Å². The lowest BCUT2D eigenvalue weighted by Crippen LogP contribution is -2.64. The molecule has 3 unspecified atom stereocenters. The van der Waals surface area contributed by atoms with E-state index in [1.807, 2.05) is 0 Å². The SMILES string of the molecule is CC1CC2CC3(C1)CC(C3)C2(C)OC(=O)CCl. The molecule has 0 N–H and O–H groups in total. The molecule has 96 valence electrons. The molecule has 3 atom stereocenters. The highest BCUT2D eigenvalue weighted by atomic mass is 35.5. The van der Waals surface area contributed by atoms with Gasteiger partial charge in [-0.05, 0) is 62.2 Å². The predicted octanol–water partition coefficient (Wildman–Crippen LogP) is 3.37. The van der Waals surface area contributed by atoms with E-state index < -0.39 is 0 Å². The predicted molar refractivity (Wildman–Crippen MR) is 66.9 cm³/mol. The molecule has 17 heavy (non-hydrogen) atoms. The Labute approximate surface area is 108 Å². The van der Waals surface area contributed by atoms with Crippen molar-refractivity contribution in [3.8, 4) is 0 Å². The molecule has 4 rings (SSSR count). The molecule has 0 amide bonds. The standard InChI is InChI=1S/C14H21ClO2/c1-9-3-10-5-14(4-9)6-11(7-14)13(10,2)17-12(16)8-15/h9-11H,3-8H2,1-2H3. The Morgan fingerprint density at radius 3 is 2.59 bits per heavy atom. The summed E-state index contributed by atoms with van der Waals surface area (Å²) in [5, 5.41) is 0. The van der Waals surface area contributed by atoms with Crippen LogP contribution in [0.1, 0.15) is 46.0 Å². The lowest BCUT2D eigenvalue weighted by atomic mass is 9.41. The van der Waals surface area contributed by atoms with Gasteiger partial charge in [0.2, 0.25) is 0 Å². The summed E-state index contributed by atoms with van der Waals surface area (Å²) in [4.78, 5) is 11.5. The number of alkyl halides is 1. The number of carbonyl (C=O) groups excluding carboxylic acids is 1. The van der Waals surface area contributed by atoms with Crippen LogP contribution in [-0.4, -0.2) is 17.5 Å². The summed E-state index contributed by atoms with van der Waals surface area (Å²) in [7, 11) is 0. The van der Waals surface area contributed by atoms with Gasteiger partial charge in [0.25, 0.3) is 0 Å². The van der Waals surface area contributed by atoms with E-state index in [2.05, 4.69) is 13.8 Å². The van der Waals surface area contributed by atoms with E-state index >= 15 is 0 Å². The first-order valence-corrected chi connectivity index (χ1v) is 7.29. The molecule has 0 aliphatic heterocycles. The molecule has 2 nitrogen and oxygen atoms in total. The Hall–Kier alpha value is -0.240. The van der Waals surface area contributed by atoms with Crippen LogP contribution in [0.4, 0.5) is 0 Å². The Morgan fingerprint density at radius 2 is 1.94 bits per heavy atom. The van der Waals surface area contributed by atoms with Crippen molar-refractivity contribution in [1.29, 1.82) is 0 Å². The van der Waals surface area contributed by atoms with Crippen LogP contribution in [-0.2, 0) is 9.53 Å². The number of ether oxygens (including phenoxy) is 1. The second-order valence-corrected chi connectivity index (χ2v) is 7.11. The zero-order valence-electron chi connectivity index (χ0n) is 10.7. The van der Waals surface area contributed by atoms with Gasteiger partial charge in [-0.15, -0.1) is 11.6 Å². The molecule has 4 aliphatic carbocycles. The Morgan fingerprint density at radius 1 is 1.29 bits per heavy atom. The first-order chi connectivity index (χ1) is 7.97. The van der Waals surface area contributed by atoms with E-state index in [1.54, 1.807) is 0 Å². The van der Waals surface area contributed by atoms with Crippen molar-refractivity contribution >= 4 is 17.6 Å². The third-order valence-corrected chi connectivity index (χ3v) is 5.79. The molecule has 4 fully saturated rings. The van der Waals surface area contributed by atoms with Crippen molar-refractivity contribution < 1.29 is 9.53 Å². The van der Waals surface area contributed by atoms with E-state index in [9.17, 15) is 4.79 Å². The van der Waals surface area contributed by atoms with Gasteiger partial charge in [-0.1, -0.05) is 6.92 Å². The zero-order valence-corrected chi connectivity index (χ0v) is 11.4. The lowest BCUT2D eigenvalue weighted by Gasteiger charge is -2.66. The van der Waals surface area contributed by atoms with Crippen LogP contribution in [0, 0.1) is 23.2 Å². The van der Waals surface area contributed by atoms with Crippen LogP contribution in [0.3, 0.4) is 0 Å². The number of hydrogen-bond donors (Lipinski definition) is 0. The lowest BCUT2D eigenvalue weighted by molar-refractivity contribution is -0.236. The molecule has 0 aromatic heterocycles. The number of hydrogen-bond acceptors (Lipinski definition) is 2. The topological polar surface area (TPSA) is 26.3 Å². The van der Waals surface area contributed by atoms with Crippen LogP contribution in [0.15, 0.2) is 0 Å². The number of rotatable bonds is 2. The highest BCUT2D eigenvalue weighted by Crippen LogP contribution is 2.68. The average molecular weight is 257 g/mol. The quantitative estimate of drug-likeness (QED) is 0.559. The minimum absolute atomic E-state index is 0.0181. The minimum Gasteiger partial charge on any atom is -0.458 e. The first kappa shape index (κ1) is 11.8. The maximum Gasteiger partial charge on any atom is 0.321 e. The summed E-state index contributed by atoms with van der Waals surface area (Å²) in [6.07, 6.45) is 6.39. The molecule has 0 aromatic rings. The highest BCUT2D eigenvalue weighted by molar-refractivity contribution is 6.26. The van der Waals surface area contributed by atoms with Gasteiger partial charge in [-0.3, -0.25) is 4.79 Å². The van der Waals surface area contributed by atoms with Crippen molar-refractivity contribution in [2.75, 3.05) is 5.88 Å². The van der Waals surface area contributed by atoms with Gasteiger partial charge in [-0.25, -0.2) is 0 Å². The summed E-state index contributed by atoms with van der Waals surface area (Å²) in [6.45, 7) is 4.49. The smallest absolute Gasteiger partial charge is 0.321 e. The summed E-state index contributed by atoms with van der Waals surface area (Å²) >= 11 is 5.58. The van der Waals surface area contributed by atoms with Crippen LogP contribution in [0.5, 0.6) is 0 Å². The van der Waals surface area contributed by atoms with E-state index in [0.717, 1.165) is 5.92 Å². The van der Waals surface area contributed by atoms with Crippen molar-refractivity contribution in [3.05, 3.63) is 0 Å². The largest absolute Gasteiger partial charge is 0.458 e. The molecule has 4 saturated carbocycles. The van der Waals surface area contributed by atoms with Crippen LogP contribution >= 0.6 is 11.6 Å². The molecular formula is C14H21ClO2. The van der Waals surface area contributed by atoms with Gasteiger partial charge in [0.1, 0.15) is 11.5 Å². The highest BCUT2D eigenvalue weighted by Gasteiger charge is 2.64. The molecular weight excluding hydrogens is 236 g/mol. The van der Waals surface area contributed by atoms with Gasteiger partial charge in [0, 0.05) is 0 Å². The fourth-order valence-electron chi connectivity index (χ4n) is 4.93. The molecule has 0 saturated heterocycles. The molecule has 3 heteroatoms. The first-order valence-electron chi connectivity index (χ1n) is 6.75.